The molecule has 1 saturated heterocycles. The molecule has 3 rings (SSSR count). The number of rotatable bonds is 7. The Balaban J connectivity index is 1.59. The van der Waals surface area contributed by atoms with Crippen molar-refractivity contribution in [1.82, 2.24) is 4.90 Å². The number of esters is 1. The van der Waals surface area contributed by atoms with Gasteiger partial charge in [0.2, 0.25) is 5.76 Å². The molecule has 2 aromatic rings. The van der Waals surface area contributed by atoms with E-state index >= 15 is 0 Å². The third kappa shape index (κ3) is 4.60. The zero-order valence-electron chi connectivity index (χ0n) is 13.0. The Bertz CT molecular complexity index is 591. The van der Waals surface area contributed by atoms with Gasteiger partial charge in [-0.2, -0.15) is 0 Å². The molecule has 0 radical (unpaired) electrons. The highest BCUT2D eigenvalue weighted by atomic mass is 16.6. The fraction of sp³-hybridized carbons (Fsp3) is 0.389. The first kappa shape index (κ1) is 15.6. The molecule has 0 aliphatic carbocycles. The van der Waals surface area contributed by atoms with E-state index in [9.17, 15) is 4.79 Å². The van der Waals surface area contributed by atoms with Crippen LogP contribution in [0, 0.1) is 0 Å². The van der Waals surface area contributed by atoms with Gasteiger partial charge in [0.1, 0.15) is 18.5 Å². The fourth-order valence-electron chi connectivity index (χ4n) is 2.69. The first-order valence-corrected chi connectivity index (χ1v) is 7.96. The van der Waals surface area contributed by atoms with Crippen LogP contribution in [0.5, 0.6) is 5.75 Å². The largest absolute Gasteiger partial charge is 0.490 e. The van der Waals surface area contributed by atoms with Crippen molar-refractivity contribution in [1.29, 1.82) is 0 Å². The summed E-state index contributed by atoms with van der Waals surface area (Å²) < 4.78 is 16.4. The Labute approximate surface area is 135 Å². The Morgan fingerprint density at radius 3 is 2.61 bits per heavy atom. The number of hydrogen-bond donors (Lipinski definition) is 0. The summed E-state index contributed by atoms with van der Waals surface area (Å²) in [7, 11) is 0. The molecule has 0 bridgehead atoms. The van der Waals surface area contributed by atoms with Crippen molar-refractivity contribution in [3.05, 3.63) is 54.5 Å². The Morgan fingerprint density at radius 1 is 1.13 bits per heavy atom. The van der Waals surface area contributed by atoms with Crippen LogP contribution < -0.4 is 4.74 Å². The molecule has 1 aromatic heterocycles. The standard InChI is InChI=1S/C18H21NO4/c20-18(17-9-6-12-21-17)23-16(13-19-10-4-5-11-19)14-22-15-7-2-1-3-8-15/h1-3,6-9,12,16H,4-5,10-11,13-14H2. The fourth-order valence-corrected chi connectivity index (χ4v) is 2.69. The summed E-state index contributed by atoms with van der Waals surface area (Å²) in [5.41, 5.74) is 0. The summed E-state index contributed by atoms with van der Waals surface area (Å²) in [6.45, 7) is 3.09. The van der Waals surface area contributed by atoms with E-state index in [1.165, 1.54) is 19.1 Å². The lowest BCUT2D eigenvalue weighted by Gasteiger charge is -2.23. The van der Waals surface area contributed by atoms with E-state index in [0.29, 0.717) is 13.2 Å². The first-order chi connectivity index (χ1) is 11.3. The van der Waals surface area contributed by atoms with Crippen LogP contribution in [0.25, 0.3) is 0 Å². The summed E-state index contributed by atoms with van der Waals surface area (Å²) >= 11 is 0. The molecule has 1 aromatic carbocycles. The normalized spacial score (nSPS) is 16.2. The van der Waals surface area contributed by atoms with Crippen LogP contribution >= 0.6 is 0 Å². The van der Waals surface area contributed by atoms with E-state index in [1.54, 1.807) is 12.1 Å². The Hall–Kier alpha value is -2.27. The molecule has 0 spiro atoms. The molecule has 122 valence electrons. The molecule has 5 nitrogen and oxygen atoms in total. The number of furan rings is 1. The van der Waals surface area contributed by atoms with E-state index < -0.39 is 5.97 Å². The number of carbonyl (C=O) groups excluding carboxylic acids is 1. The second-order valence-corrected chi connectivity index (χ2v) is 5.64. The van der Waals surface area contributed by atoms with E-state index in [2.05, 4.69) is 4.90 Å². The molecule has 0 saturated carbocycles. The number of carbonyl (C=O) groups is 1. The third-order valence-electron chi connectivity index (χ3n) is 3.84. The van der Waals surface area contributed by atoms with Crippen molar-refractivity contribution in [2.45, 2.75) is 18.9 Å². The van der Waals surface area contributed by atoms with Crippen molar-refractivity contribution in [3.63, 3.8) is 0 Å². The number of hydrogen-bond acceptors (Lipinski definition) is 5. The van der Waals surface area contributed by atoms with Gasteiger partial charge in [0.05, 0.1) is 6.26 Å². The van der Waals surface area contributed by atoms with Crippen molar-refractivity contribution >= 4 is 5.97 Å². The smallest absolute Gasteiger partial charge is 0.374 e. The van der Waals surface area contributed by atoms with E-state index in [-0.39, 0.29) is 11.9 Å². The van der Waals surface area contributed by atoms with Gasteiger partial charge in [-0.3, -0.25) is 4.90 Å². The highest BCUT2D eigenvalue weighted by Gasteiger charge is 2.23. The van der Waals surface area contributed by atoms with Crippen molar-refractivity contribution < 1.29 is 18.7 Å². The maximum Gasteiger partial charge on any atom is 0.374 e. The number of para-hydroxylation sites is 1. The van der Waals surface area contributed by atoms with E-state index in [1.807, 2.05) is 30.3 Å². The highest BCUT2D eigenvalue weighted by Crippen LogP contribution is 2.14. The van der Waals surface area contributed by atoms with Gasteiger partial charge in [0, 0.05) is 6.54 Å². The lowest BCUT2D eigenvalue weighted by atomic mass is 10.3. The maximum atomic E-state index is 12.1. The van der Waals surface area contributed by atoms with Crippen LogP contribution in [0.2, 0.25) is 0 Å². The lowest BCUT2D eigenvalue weighted by molar-refractivity contribution is 0.00513. The average molecular weight is 315 g/mol. The molecule has 1 atom stereocenters. The monoisotopic (exact) mass is 315 g/mol. The number of ether oxygens (including phenoxy) is 2. The highest BCUT2D eigenvalue weighted by molar-refractivity contribution is 5.86. The maximum absolute atomic E-state index is 12.1. The lowest BCUT2D eigenvalue weighted by Crippen LogP contribution is -2.37. The van der Waals surface area contributed by atoms with Crippen molar-refractivity contribution in [3.8, 4) is 5.75 Å². The minimum Gasteiger partial charge on any atom is -0.490 e. The van der Waals surface area contributed by atoms with E-state index in [0.717, 1.165) is 18.8 Å². The molecule has 0 amide bonds. The molecular weight excluding hydrogens is 294 g/mol. The SMILES string of the molecule is O=C(OC(COc1ccccc1)CN1CCCC1)c1ccco1. The molecule has 1 aliphatic heterocycles. The molecule has 2 heterocycles. The molecule has 1 unspecified atom stereocenters. The van der Waals surface area contributed by atoms with Crippen LogP contribution in [-0.2, 0) is 4.74 Å². The van der Waals surface area contributed by atoms with Crippen LogP contribution in [0.15, 0.2) is 53.1 Å². The van der Waals surface area contributed by atoms with Crippen molar-refractivity contribution in [2.24, 2.45) is 0 Å². The number of nitrogens with zero attached hydrogens (tertiary/aromatic N) is 1. The molecule has 1 fully saturated rings. The first-order valence-electron chi connectivity index (χ1n) is 7.96. The van der Waals surface area contributed by atoms with Gasteiger partial charge in [-0.05, 0) is 50.2 Å². The summed E-state index contributed by atoms with van der Waals surface area (Å²) in [5, 5.41) is 0. The third-order valence-corrected chi connectivity index (χ3v) is 3.84. The quantitative estimate of drug-likeness (QED) is 0.735. The van der Waals surface area contributed by atoms with Crippen molar-refractivity contribution in [2.75, 3.05) is 26.2 Å². The Kier molecular flexibility index (Phi) is 5.32. The van der Waals surface area contributed by atoms with E-state index in [4.69, 9.17) is 13.9 Å². The molecule has 23 heavy (non-hydrogen) atoms. The van der Waals surface area contributed by atoms with Gasteiger partial charge in [0.25, 0.3) is 0 Å². The van der Waals surface area contributed by atoms with Gasteiger partial charge in [-0.25, -0.2) is 4.79 Å². The van der Waals surface area contributed by atoms with Gasteiger partial charge in [0.15, 0.2) is 0 Å². The van der Waals surface area contributed by atoms with Crippen LogP contribution in [-0.4, -0.2) is 43.2 Å². The predicted molar refractivity (Wildman–Crippen MR) is 85.5 cm³/mol. The molecule has 1 aliphatic rings. The second-order valence-electron chi connectivity index (χ2n) is 5.64. The molecule has 0 N–H and O–H groups in total. The predicted octanol–water partition coefficient (Wildman–Crippen LogP) is 2.98. The average Bonchev–Trinajstić information content (AvgIpc) is 3.27. The summed E-state index contributed by atoms with van der Waals surface area (Å²) in [6.07, 6.45) is 3.52. The summed E-state index contributed by atoms with van der Waals surface area (Å²) in [6, 6.07) is 12.8. The zero-order chi connectivity index (χ0) is 15.9. The molecule has 5 heteroatoms. The minimum atomic E-state index is -0.448. The van der Waals surface area contributed by atoms with Crippen LogP contribution in [0.3, 0.4) is 0 Å². The Morgan fingerprint density at radius 2 is 1.91 bits per heavy atom. The van der Waals surface area contributed by atoms with Crippen LogP contribution in [0.4, 0.5) is 0 Å². The van der Waals surface area contributed by atoms with Gasteiger partial charge < -0.3 is 13.9 Å². The summed E-state index contributed by atoms with van der Waals surface area (Å²) in [4.78, 5) is 14.4. The number of benzene rings is 1. The molecular formula is C18H21NO4. The van der Waals surface area contributed by atoms with Gasteiger partial charge in [-0.15, -0.1) is 0 Å². The zero-order valence-corrected chi connectivity index (χ0v) is 13.0. The minimum absolute atomic E-state index is 0.219. The second kappa shape index (κ2) is 7.83. The summed E-state index contributed by atoms with van der Waals surface area (Å²) in [5.74, 6) is 0.542. The van der Waals surface area contributed by atoms with Crippen LogP contribution in [0.1, 0.15) is 23.4 Å². The number of likely N-dealkylation sites (tertiary alicyclic amines) is 1. The van der Waals surface area contributed by atoms with Gasteiger partial charge in [-0.1, -0.05) is 18.2 Å². The van der Waals surface area contributed by atoms with Gasteiger partial charge >= 0.3 is 5.97 Å². The topological polar surface area (TPSA) is 51.9 Å².